The summed E-state index contributed by atoms with van der Waals surface area (Å²) in [6, 6.07) is 8.27. The lowest BCUT2D eigenvalue weighted by atomic mass is 9.73. The molecule has 2 heterocycles. The number of aryl methyl sites for hydroxylation is 1. The third-order valence-electron chi connectivity index (χ3n) is 6.54. The monoisotopic (exact) mass is 384 g/mol. The number of likely N-dealkylation sites (tertiary alicyclic amines) is 1. The van der Waals surface area contributed by atoms with E-state index < -0.39 is 5.41 Å². The van der Waals surface area contributed by atoms with Gasteiger partial charge in [-0.25, -0.2) is 0 Å². The van der Waals surface area contributed by atoms with E-state index in [2.05, 4.69) is 29.1 Å². The van der Waals surface area contributed by atoms with Crippen LogP contribution >= 0.6 is 0 Å². The van der Waals surface area contributed by atoms with Crippen LogP contribution in [0.1, 0.15) is 56.6 Å². The van der Waals surface area contributed by atoms with Gasteiger partial charge in [-0.1, -0.05) is 29.4 Å². The summed E-state index contributed by atoms with van der Waals surface area (Å²) in [6.07, 6.45) is 5.87. The van der Waals surface area contributed by atoms with Crippen LogP contribution < -0.4 is 0 Å². The first-order valence-corrected chi connectivity index (χ1v) is 10.8. The van der Waals surface area contributed by atoms with Gasteiger partial charge in [0.2, 0.25) is 0 Å². The highest BCUT2D eigenvalue weighted by Crippen LogP contribution is 2.41. The predicted molar refractivity (Wildman–Crippen MR) is 109 cm³/mol. The normalized spacial score (nSPS) is 24.5. The number of hydrogen-bond acceptors (Lipinski definition) is 5. The van der Waals surface area contributed by atoms with Crippen LogP contribution in [0, 0.1) is 18.3 Å². The Labute approximate surface area is 168 Å². The molecule has 1 atom stereocenters. The minimum Gasteiger partial charge on any atom is -0.466 e. The van der Waals surface area contributed by atoms with Crippen LogP contribution in [-0.2, 0) is 14.4 Å². The van der Waals surface area contributed by atoms with E-state index in [-0.39, 0.29) is 12.1 Å². The molecule has 2 fully saturated rings. The fourth-order valence-corrected chi connectivity index (χ4v) is 4.63. The molecule has 0 N–H and O–H groups in total. The molecule has 28 heavy (non-hydrogen) atoms. The van der Waals surface area contributed by atoms with Crippen LogP contribution in [-0.4, -0.2) is 48.9 Å². The van der Waals surface area contributed by atoms with Gasteiger partial charge in [-0.2, -0.15) is 0 Å². The van der Waals surface area contributed by atoms with Gasteiger partial charge in [-0.3, -0.25) is 4.79 Å². The Balaban J connectivity index is 1.41. The van der Waals surface area contributed by atoms with Crippen molar-refractivity contribution in [2.75, 3.05) is 26.2 Å². The predicted octanol–water partition coefficient (Wildman–Crippen LogP) is 3.93. The van der Waals surface area contributed by atoms with E-state index in [9.17, 15) is 4.79 Å². The third kappa shape index (κ3) is 4.24. The summed E-state index contributed by atoms with van der Waals surface area (Å²) in [5, 5.41) is 4.37. The number of hydrogen-bond donors (Lipinski definition) is 0. The molecule has 1 saturated carbocycles. The summed E-state index contributed by atoms with van der Waals surface area (Å²) in [5.41, 5.74) is 2.92. The quantitative estimate of drug-likeness (QED) is 0.669. The van der Waals surface area contributed by atoms with Crippen LogP contribution in [0.25, 0.3) is 0 Å². The number of piperidine rings is 1. The summed E-state index contributed by atoms with van der Waals surface area (Å²) in [6.45, 7) is 7.57. The first-order valence-electron chi connectivity index (χ1n) is 10.8. The Morgan fingerprint density at radius 2 is 2.04 bits per heavy atom. The Hall–Kier alpha value is -1.88. The molecule has 0 bridgehead atoms. The van der Waals surface area contributed by atoms with Gasteiger partial charge in [0.05, 0.1) is 17.7 Å². The molecule has 5 heteroatoms. The average Bonchev–Trinajstić information content (AvgIpc) is 3.40. The lowest BCUT2D eigenvalue weighted by Crippen LogP contribution is -2.47. The molecule has 4 rings (SSSR count). The van der Waals surface area contributed by atoms with Gasteiger partial charge in [0.1, 0.15) is 6.10 Å². The smallest absolute Gasteiger partial charge is 0.312 e. The second kappa shape index (κ2) is 8.24. The maximum Gasteiger partial charge on any atom is 0.312 e. The number of carbonyl (C=O) groups is 1. The van der Waals surface area contributed by atoms with Gasteiger partial charge in [0.25, 0.3) is 0 Å². The van der Waals surface area contributed by atoms with E-state index in [4.69, 9.17) is 9.57 Å². The van der Waals surface area contributed by atoms with Crippen molar-refractivity contribution < 1.29 is 14.4 Å². The molecule has 1 aromatic rings. The number of rotatable bonds is 7. The highest BCUT2D eigenvalue weighted by Gasteiger charge is 2.46. The zero-order chi connectivity index (χ0) is 19.6. The van der Waals surface area contributed by atoms with Crippen LogP contribution in [0.2, 0.25) is 0 Å². The summed E-state index contributed by atoms with van der Waals surface area (Å²) in [7, 11) is 0. The fraction of sp³-hybridized carbons (Fsp3) is 0.652. The van der Waals surface area contributed by atoms with Crippen molar-refractivity contribution in [2.24, 2.45) is 16.5 Å². The van der Waals surface area contributed by atoms with Gasteiger partial charge in [0.15, 0.2) is 0 Å². The molecule has 1 unspecified atom stereocenters. The molecule has 0 spiro atoms. The summed E-state index contributed by atoms with van der Waals surface area (Å²) >= 11 is 0. The van der Waals surface area contributed by atoms with Gasteiger partial charge >= 0.3 is 5.97 Å². The molecule has 1 aromatic carbocycles. The SMILES string of the molecule is CCOC(=O)C1(CC2CC(c3ccccc3C)=NO2)CCN(CC2CC2)CC1. The highest BCUT2D eigenvalue weighted by molar-refractivity contribution is 6.02. The maximum absolute atomic E-state index is 12.9. The van der Waals surface area contributed by atoms with Crippen molar-refractivity contribution in [3.63, 3.8) is 0 Å². The van der Waals surface area contributed by atoms with Gasteiger partial charge in [-0.05, 0) is 64.1 Å². The van der Waals surface area contributed by atoms with Crippen LogP contribution in [0.5, 0.6) is 0 Å². The Kier molecular flexibility index (Phi) is 5.72. The Morgan fingerprint density at radius 1 is 1.29 bits per heavy atom. The van der Waals surface area contributed by atoms with Gasteiger partial charge in [-0.15, -0.1) is 0 Å². The lowest BCUT2D eigenvalue weighted by molar-refractivity contribution is -0.161. The van der Waals surface area contributed by atoms with Crippen molar-refractivity contribution in [3.8, 4) is 0 Å². The molecule has 0 aromatic heterocycles. The molecule has 5 nitrogen and oxygen atoms in total. The molecule has 2 aliphatic heterocycles. The molecule has 3 aliphatic rings. The second-order valence-electron chi connectivity index (χ2n) is 8.73. The highest BCUT2D eigenvalue weighted by atomic mass is 16.6. The summed E-state index contributed by atoms with van der Waals surface area (Å²) in [4.78, 5) is 21.2. The zero-order valence-corrected chi connectivity index (χ0v) is 17.2. The number of carbonyl (C=O) groups excluding carboxylic acids is 1. The van der Waals surface area contributed by atoms with Gasteiger partial charge in [0, 0.05) is 24.9 Å². The Bertz CT molecular complexity index is 733. The van der Waals surface area contributed by atoms with E-state index in [1.54, 1.807) is 0 Å². The van der Waals surface area contributed by atoms with Crippen molar-refractivity contribution >= 4 is 11.7 Å². The van der Waals surface area contributed by atoms with Crippen molar-refractivity contribution in [1.82, 2.24) is 4.90 Å². The van der Waals surface area contributed by atoms with Crippen LogP contribution in [0.3, 0.4) is 0 Å². The van der Waals surface area contributed by atoms with Crippen molar-refractivity contribution in [3.05, 3.63) is 35.4 Å². The fourth-order valence-electron chi connectivity index (χ4n) is 4.63. The maximum atomic E-state index is 12.9. The summed E-state index contributed by atoms with van der Waals surface area (Å²) in [5.74, 6) is 0.840. The summed E-state index contributed by atoms with van der Waals surface area (Å²) < 4.78 is 5.50. The molecule has 152 valence electrons. The number of ether oxygens (including phenoxy) is 1. The minimum absolute atomic E-state index is 0.0472. The number of nitrogens with zero attached hydrogens (tertiary/aromatic N) is 2. The van der Waals surface area contributed by atoms with Crippen LogP contribution in [0.4, 0.5) is 0 Å². The first kappa shape index (κ1) is 19.4. The van der Waals surface area contributed by atoms with E-state index >= 15 is 0 Å². The number of esters is 1. The van der Waals surface area contributed by atoms with Gasteiger partial charge < -0.3 is 14.5 Å². The molecule has 1 saturated heterocycles. The van der Waals surface area contributed by atoms with E-state index in [1.165, 1.54) is 24.9 Å². The molecule has 0 amide bonds. The topological polar surface area (TPSA) is 51.1 Å². The minimum atomic E-state index is -0.433. The van der Waals surface area contributed by atoms with Crippen LogP contribution in [0.15, 0.2) is 29.4 Å². The molecular weight excluding hydrogens is 352 g/mol. The van der Waals surface area contributed by atoms with Crippen molar-refractivity contribution in [1.29, 1.82) is 0 Å². The molecule has 0 radical (unpaired) electrons. The lowest BCUT2D eigenvalue weighted by Gasteiger charge is -2.40. The largest absolute Gasteiger partial charge is 0.466 e. The standard InChI is InChI=1S/C23H32N2O3/c1-3-27-22(26)23(10-12-25(13-11-23)16-18-8-9-18)15-19-14-21(24-28-19)20-7-5-4-6-17(20)2/h4-7,18-19H,3,8-16H2,1-2H3. The van der Waals surface area contributed by atoms with E-state index in [0.29, 0.717) is 13.0 Å². The zero-order valence-electron chi connectivity index (χ0n) is 17.2. The van der Waals surface area contributed by atoms with E-state index in [0.717, 1.165) is 49.5 Å². The molecule has 1 aliphatic carbocycles. The van der Waals surface area contributed by atoms with E-state index in [1.807, 2.05) is 19.1 Å². The second-order valence-corrected chi connectivity index (χ2v) is 8.73. The molecular formula is C23H32N2O3. The third-order valence-corrected chi connectivity index (χ3v) is 6.54. The van der Waals surface area contributed by atoms with Crippen molar-refractivity contribution in [2.45, 2.75) is 58.5 Å². The first-order chi connectivity index (χ1) is 13.6. The number of benzene rings is 1. The Morgan fingerprint density at radius 3 is 2.71 bits per heavy atom. The average molecular weight is 385 g/mol. The number of oxime groups is 1.